The zero-order chi connectivity index (χ0) is 20.8. The molecule has 2 aromatic rings. The molecule has 0 aromatic heterocycles. The molecule has 0 saturated carbocycles. The number of amides is 3. The summed E-state index contributed by atoms with van der Waals surface area (Å²) in [7, 11) is 0. The molecule has 152 valence electrons. The van der Waals surface area contributed by atoms with Crippen LogP contribution < -0.4 is 15.5 Å². The topological polar surface area (TPSA) is 78.5 Å². The lowest BCUT2D eigenvalue weighted by Gasteiger charge is -2.26. The van der Waals surface area contributed by atoms with E-state index in [1.54, 1.807) is 60.4 Å². The molecule has 1 heterocycles. The smallest absolute Gasteiger partial charge is 0.251 e. The highest BCUT2D eigenvalue weighted by Gasteiger charge is 2.20. The van der Waals surface area contributed by atoms with E-state index in [0.29, 0.717) is 29.2 Å². The van der Waals surface area contributed by atoms with Gasteiger partial charge in [0.05, 0.1) is 0 Å². The second-order valence-corrected chi connectivity index (χ2v) is 7.62. The van der Waals surface area contributed by atoms with Crippen molar-refractivity contribution in [2.45, 2.75) is 38.6 Å². The molecule has 0 bridgehead atoms. The van der Waals surface area contributed by atoms with Crippen LogP contribution in [-0.2, 0) is 9.59 Å². The first-order valence-electron chi connectivity index (χ1n) is 9.69. The fraction of sp³-hybridized carbons (Fsp3) is 0.318. The minimum atomic E-state index is -0.335. The van der Waals surface area contributed by atoms with Crippen molar-refractivity contribution in [3.05, 3.63) is 59.1 Å². The highest BCUT2D eigenvalue weighted by Crippen LogP contribution is 2.21. The predicted molar refractivity (Wildman–Crippen MR) is 114 cm³/mol. The van der Waals surface area contributed by atoms with E-state index >= 15 is 0 Å². The molecule has 1 atom stereocenters. The van der Waals surface area contributed by atoms with Gasteiger partial charge in [-0.05, 0) is 68.3 Å². The fourth-order valence-electron chi connectivity index (χ4n) is 3.25. The summed E-state index contributed by atoms with van der Waals surface area (Å²) in [6.45, 7) is 2.49. The van der Waals surface area contributed by atoms with E-state index in [2.05, 4.69) is 10.6 Å². The van der Waals surface area contributed by atoms with Gasteiger partial charge in [0.2, 0.25) is 11.8 Å². The van der Waals surface area contributed by atoms with Crippen LogP contribution in [0.4, 0.5) is 11.4 Å². The highest BCUT2D eigenvalue weighted by molar-refractivity contribution is 6.30. The van der Waals surface area contributed by atoms with Crippen molar-refractivity contribution < 1.29 is 14.4 Å². The van der Waals surface area contributed by atoms with Gasteiger partial charge in [0.15, 0.2) is 0 Å². The van der Waals surface area contributed by atoms with Crippen LogP contribution in [0.15, 0.2) is 48.5 Å². The number of piperidine rings is 1. The number of hydrogen-bond acceptors (Lipinski definition) is 3. The average molecular weight is 414 g/mol. The zero-order valence-corrected chi connectivity index (χ0v) is 17.0. The Balaban J connectivity index is 1.51. The molecule has 1 unspecified atom stereocenters. The Labute approximate surface area is 175 Å². The van der Waals surface area contributed by atoms with E-state index in [-0.39, 0.29) is 30.2 Å². The van der Waals surface area contributed by atoms with Crippen LogP contribution in [0.1, 0.15) is 43.0 Å². The van der Waals surface area contributed by atoms with Crippen LogP contribution in [-0.4, -0.2) is 30.3 Å². The van der Waals surface area contributed by atoms with E-state index in [1.807, 2.05) is 0 Å². The monoisotopic (exact) mass is 413 g/mol. The molecule has 6 nitrogen and oxygen atoms in total. The van der Waals surface area contributed by atoms with Crippen LogP contribution >= 0.6 is 11.6 Å². The molecule has 1 aliphatic rings. The standard InChI is InChI=1S/C22H24ClN3O3/c1-15(14-20(27)25-18-9-7-17(23)8-10-18)24-22(29)16-5-11-19(12-6-16)26-13-3-2-4-21(26)28/h5-12,15H,2-4,13-14H2,1H3,(H,24,29)(H,25,27). The minimum absolute atomic E-state index is 0.119. The number of anilines is 2. The Morgan fingerprint density at radius 2 is 1.76 bits per heavy atom. The lowest BCUT2D eigenvalue weighted by atomic mass is 10.1. The summed E-state index contributed by atoms with van der Waals surface area (Å²) in [5.74, 6) is -0.332. The third kappa shape index (κ3) is 5.81. The predicted octanol–water partition coefficient (Wildman–Crippen LogP) is 4.00. The molecular weight excluding hydrogens is 390 g/mol. The lowest BCUT2D eigenvalue weighted by Crippen LogP contribution is -2.36. The van der Waals surface area contributed by atoms with Gasteiger partial charge in [0, 0.05) is 47.4 Å². The van der Waals surface area contributed by atoms with Gasteiger partial charge in [0.25, 0.3) is 5.91 Å². The van der Waals surface area contributed by atoms with Crippen molar-refractivity contribution in [3.8, 4) is 0 Å². The number of nitrogens with one attached hydrogen (secondary N) is 2. The summed E-state index contributed by atoms with van der Waals surface area (Å²) in [5.41, 5.74) is 1.95. The van der Waals surface area contributed by atoms with E-state index < -0.39 is 0 Å². The van der Waals surface area contributed by atoms with Crippen molar-refractivity contribution in [2.75, 3.05) is 16.8 Å². The first kappa shape index (κ1) is 20.9. The molecule has 2 aromatic carbocycles. The maximum atomic E-state index is 12.4. The summed E-state index contributed by atoms with van der Waals surface area (Å²) in [6.07, 6.45) is 2.63. The minimum Gasteiger partial charge on any atom is -0.349 e. The first-order chi connectivity index (χ1) is 13.9. The Morgan fingerprint density at radius 3 is 2.41 bits per heavy atom. The Morgan fingerprint density at radius 1 is 1.07 bits per heavy atom. The molecule has 1 aliphatic heterocycles. The van der Waals surface area contributed by atoms with Crippen LogP contribution in [0.5, 0.6) is 0 Å². The van der Waals surface area contributed by atoms with E-state index in [4.69, 9.17) is 11.6 Å². The summed E-state index contributed by atoms with van der Waals surface area (Å²) >= 11 is 5.83. The Kier molecular flexibility index (Phi) is 6.88. The molecule has 3 rings (SSSR count). The molecule has 1 fully saturated rings. The lowest BCUT2D eigenvalue weighted by molar-refractivity contribution is -0.119. The van der Waals surface area contributed by atoms with Gasteiger partial charge < -0.3 is 15.5 Å². The molecule has 7 heteroatoms. The van der Waals surface area contributed by atoms with E-state index in [9.17, 15) is 14.4 Å². The number of rotatable bonds is 6. The fourth-order valence-corrected chi connectivity index (χ4v) is 3.38. The highest BCUT2D eigenvalue weighted by atomic mass is 35.5. The SMILES string of the molecule is CC(CC(=O)Nc1ccc(Cl)cc1)NC(=O)c1ccc(N2CCCCC2=O)cc1. The third-order valence-corrected chi connectivity index (χ3v) is 5.01. The third-order valence-electron chi connectivity index (χ3n) is 4.76. The number of halogens is 1. The molecule has 0 radical (unpaired) electrons. The van der Waals surface area contributed by atoms with Crippen molar-refractivity contribution in [1.29, 1.82) is 0 Å². The summed E-state index contributed by atoms with van der Waals surface area (Å²) < 4.78 is 0. The van der Waals surface area contributed by atoms with E-state index in [1.165, 1.54) is 0 Å². The van der Waals surface area contributed by atoms with Crippen LogP contribution in [0.25, 0.3) is 0 Å². The molecule has 0 spiro atoms. The summed E-state index contributed by atoms with van der Waals surface area (Å²) in [6, 6.07) is 13.5. The quantitative estimate of drug-likeness (QED) is 0.751. The molecule has 2 N–H and O–H groups in total. The van der Waals surface area contributed by atoms with Gasteiger partial charge in [0.1, 0.15) is 0 Å². The molecule has 3 amide bonds. The van der Waals surface area contributed by atoms with Crippen molar-refractivity contribution in [2.24, 2.45) is 0 Å². The van der Waals surface area contributed by atoms with Gasteiger partial charge in [-0.25, -0.2) is 0 Å². The second-order valence-electron chi connectivity index (χ2n) is 7.18. The van der Waals surface area contributed by atoms with Gasteiger partial charge in [-0.2, -0.15) is 0 Å². The van der Waals surface area contributed by atoms with E-state index in [0.717, 1.165) is 18.5 Å². The largest absolute Gasteiger partial charge is 0.349 e. The van der Waals surface area contributed by atoms with Crippen molar-refractivity contribution >= 4 is 40.7 Å². The number of benzene rings is 2. The van der Waals surface area contributed by atoms with Crippen LogP contribution in [0, 0.1) is 0 Å². The summed E-state index contributed by atoms with van der Waals surface area (Å²) in [5, 5.41) is 6.20. The van der Waals surface area contributed by atoms with Crippen molar-refractivity contribution in [3.63, 3.8) is 0 Å². The molecular formula is C22H24ClN3O3. The maximum Gasteiger partial charge on any atom is 0.251 e. The van der Waals surface area contributed by atoms with Gasteiger partial charge in [-0.1, -0.05) is 11.6 Å². The number of nitrogens with zero attached hydrogens (tertiary/aromatic N) is 1. The van der Waals surface area contributed by atoms with Gasteiger partial charge in [-0.3, -0.25) is 14.4 Å². The van der Waals surface area contributed by atoms with Gasteiger partial charge in [-0.15, -0.1) is 0 Å². The first-order valence-corrected chi connectivity index (χ1v) is 10.1. The zero-order valence-electron chi connectivity index (χ0n) is 16.3. The van der Waals surface area contributed by atoms with Crippen molar-refractivity contribution in [1.82, 2.24) is 5.32 Å². The summed E-state index contributed by atoms with van der Waals surface area (Å²) in [4.78, 5) is 38.4. The molecule has 0 aliphatic carbocycles. The normalized spacial score (nSPS) is 15.0. The van der Waals surface area contributed by atoms with Crippen LogP contribution in [0.3, 0.4) is 0 Å². The molecule has 29 heavy (non-hydrogen) atoms. The Bertz CT molecular complexity index is 881. The number of carbonyl (C=O) groups is 3. The maximum absolute atomic E-state index is 12.4. The average Bonchev–Trinajstić information content (AvgIpc) is 2.70. The Hall–Kier alpha value is -2.86. The molecule has 1 saturated heterocycles. The second kappa shape index (κ2) is 9.56. The number of hydrogen-bond donors (Lipinski definition) is 2. The van der Waals surface area contributed by atoms with Gasteiger partial charge >= 0.3 is 0 Å². The van der Waals surface area contributed by atoms with Crippen LogP contribution in [0.2, 0.25) is 5.02 Å². The number of carbonyl (C=O) groups excluding carboxylic acids is 3.